The topological polar surface area (TPSA) is 73.8 Å². The molecule has 174 valence electrons. The zero-order valence-corrected chi connectivity index (χ0v) is 20.2. The molecule has 3 rings (SSSR count). The van der Waals surface area contributed by atoms with E-state index in [1.165, 1.54) is 6.33 Å². The van der Waals surface area contributed by atoms with Gasteiger partial charge in [-0.05, 0) is 44.4 Å². The second-order valence-corrected chi connectivity index (χ2v) is 9.30. The predicted molar refractivity (Wildman–Crippen MR) is 125 cm³/mol. The molecule has 1 fully saturated rings. The van der Waals surface area contributed by atoms with Crippen LogP contribution in [0.4, 0.5) is 5.82 Å². The first-order valence-electron chi connectivity index (χ1n) is 10.9. The first-order chi connectivity index (χ1) is 15.2. The smallest absolute Gasteiger partial charge is 0.238 e. The van der Waals surface area contributed by atoms with Crippen molar-refractivity contribution in [3.8, 4) is 11.6 Å². The number of ketones is 1. The standard InChI is InChI=1S/C24H32ClN3O4/c1-16(12-17(2)29)18-6-8-19(9-7-18)32-20-10-11-28(13-20)22-21(25)23(27-15-26-22)31-14-24(3,4)30-5/h6-9,15-16,20H,10-14H2,1-5H3/t16-,20-/m1/s1. The number of benzene rings is 1. The molecule has 1 saturated heterocycles. The van der Waals surface area contributed by atoms with E-state index >= 15 is 0 Å². The van der Waals surface area contributed by atoms with Gasteiger partial charge in [-0.15, -0.1) is 0 Å². The molecule has 1 aliphatic rings. The van der Waals surface area contributed by atoms with E-state index in [2.05, 4.69) is 21.8 Å². The first kappa shape index (κ1) is 24.3. The highest BCUT2D eigenvalue weighted by Gasteiger charge is 2.28. The largest absolute Gasteiger partial charge is 0.489 e. The van der Waals surface area contributed by atoms with Crippen molar-refractivity contribution in [3.05, 3.63) is 41.2 Å². The zero-order valence-electron chi connectivity index (χ0n) is 19.4. The van der Waals surface area contributed by atoms with Crippen LogP contribution in [0.3, 0.4) is 0 Å². The number of hydrogen-bond donors (Lipinski definition) is 0. The molecule has 1 aromatic heterocycles. The molecule has 8 heteroatoms. The first-order valence-corrected chi connectivity index (χ1v) is 11.3. The maximum Gasteiger partial charge on any atom is 0.238 e. The molecule has 0 saturated carbocycles. The lowest BCUT2D eigenvalue weighted by molar-refractivity contribution is -0.117. The summed E-state index contributed by atoms with van der Waals surface area (Å²) in [6.45, 7) is 9.32. The molecule has 0 aliphatic carbocycles. The molecular formula is C24H32ClN3O4. The molecular weight excluding hydrogens is 430 g/mol. The highest BCUT2D eigenvalue weighted by molar-refractivity contribution is 6.34. The van der Waals surface area contributed by atoms with Crippen LogP contribution in [0, 0.1) is 0 Å². The van der Waals surface area contributed by atoms with Crippen molar-refractivity contribution in [2.45, 2.75) is 58.2 Å². The summed E-state index contributed by atoms with van der Waals surface area (Å²) < 4.78 is 17.3. The van der Waals surface area contributed by atoms with E-state index < -0.39 is 5.60 Å². The molecule has 0 N–H and O–H groups in total. The molecule has 32 heavy (non-hydrogen) atoms. The van der Waals surface area contributed by atoms with Crippen LogP contribution in [0.2, 0.25) is 5.02 Å². The van der Waals surface area contributed by atoms with E-state index in [1.807, 2.05) is 38.1 Å². The summed E-state index contributed by atoms with van der Waals surface area (Å²) in [5.74, 6) is 2.21. The molecule has 0 unspecified atom stereocenters. The predicted octanol–water partition coefficient (Wildman–Crippen LogP) is 4.67. The summed E-state index contributed by atoms with van der Waals surface area (Å²) in [4.78, 5) is 22.0. The van der Waals surface area contributed by atoms with Gasteiger partial charge in [0.2, 0.25) is 5.88 Å². The number of carbonyl (C=O) groups excluding carboxylic acids is 1. The molecule has 2 heterocycles. The molecule has 0 amide bonds. The molecule has 1 aliphatic heterocycles. The van der Waals surface area contributed by atoms with Crippen LogP contribution in [0.25, 0.3) is 0 Å². The summed E-state index contributed by atoms with van der Waals surface area (Å²) in [5, 5.41) is 0.392. The number of rotatable bonds is 10. The molecule has 0 bridgehead atoms. The van der Waals surface area contributed by atoms with E-state index in [4.69, 9.17) is 25.8 Å². The molecule has 2 atom stereocenters. The minimum atomic E-state index is -0.444. The van der Waals surface area contributed by atoms with Crippen molar-refractivity contribution in [1.82, 2.24) is 9.97 Å². The van der Waals surface area contributed by atoms with Crippen LogP contribution in [0.5, 0.6) is 11.6 Å². The van der Waals surface area contributed by atoms with Crippen molar-refractivity contribution in [1.29, 1.82) is 0 Å². The minimum Gasteiger partial charge on any atom is -0.489 e. The number of anilines is 1. The maximum atomic E-state index is 11.4. The number of ether oxygens (including phenoxy) is 3. The SMILES string of the molecule is COC(C)(C)COc1ncnc(N2CC[C@@H](Oc3ccc([C@H](C)CC(C)=O)cc3)C2)c1Cl. The molecule has 1 aromatic carbocycles. The fourth-order valence-corrected chi connectivity index (χ4v) is 3.87. The van der Waals surface area contributed by atoms with Gasteiger partial charge >= 0.3 is 0 Å². The van der Waals surface area contributed by atoms with Crippen LogP contribution >= 0.6 is 11.6 Å². The molecule has 2 aromatic rings. The fraction of sp³-hybridized carbons (Fsp3) is 0.542. The lowest BCUT2D eigenvalue weighted by atomic mass is 9.96. The highest BCUT2D eigenvalue weighted by atomic mass is 35.5. The Kier molecular flexibility index (Phi) is 7.96. The third-order valence-electron chi connectivity index (χ3n) is 5.64. The monoisotopic (exact) mass is 461 g/mol. The van der Waals surface area contributed by atoms with Gasteiger partial charge in [-0.25, -0.2) is 9.97 Å². The van der Waals surface area contributed by atoms with Crippen molar-refractivity contribution >= 4 is 23.2 Å². The van der Waals surface area contributed by atoms with E-state index in [1.54, 1.807) is 14.0 Å². The number of hydrogen-bond acceptors (Lipinski definition) is 7. The molecule has 7 nitrogen and oxygen atoms in total. The second-order valence-electron chi connectivity index (χ2n) is 8.92. The van der Waals surface area contributed by atoms with Crippen LogP contribution in [0.1, 0.15) is 52.0 Å². The summed E-state index contributed by atoms with van der Waals surface area (Å²) >= 11 is 6.55. The molecule has 0 radical (unpaired) electrons. The van der Waals surface area contributed by atoms with Crippen molar-refractivity contribution in [2.75, 3.05) is 31.7 Å². The van der Waals surface area contributed by atoms with Gasteiger partial charge in [0, 0.05) is 26.5 Å². The summed E-state index contributed by atoms with van der Waals surface area (Å²) in [5.41, 5.74) is 0.693. The van der Waals surface area contributed by atoms with Gasteiger partial charge < -0.3 is 23.9 Å². The van der Waals surface area contributed by atoms with Crippen LogP contribution < -0.4 is 14.4 Å². The summed E-state index contributed by atoms with van der Waals surface area (Å²) in [7, 11) is 1.64. The van der Waals surface area contributed by atoms with E-state index in [0.29, 0.717) is 36.3 Å². The van der Waals surface area contributed by atoms with Crippen LogP contribution in [-0.2, 0) is 9.53 Å². The Bertz CT molecular complexity index is 920. The Labute approximate surface area is 195 Å². The quantitative estimate of drug-likeness (QED) is 0.508. The lowest BCUT2D eigenvalue weighted by Gasteiger charge is -2.24. The van der Waals surface area contributed by atoms with Gasteiger partial charge in [0.25, 0.3) is 0 Å². The highest BCUT2D eigenvalue weighted by Crippen LogP contribution is 2.34. The number of aromatic nitrogens is 2. The normalized spacial score (nSPS) is 17.3. The van der Waals surface area contributed by atoms with Crippen LogP contribution in [0.15, 0.2) is 30.6 Å². The van der Waals surface area contributed by atoms with Gasteiger partial charge in [0.05, 0.1) is 12.1 Å². The third kappa shape index (κ3) is 6.33. The number of nitrogens with zero attached hydrogens (tertiary/aromatic N) is 3. The number of Topliss-reactive ketones (excluding diaryl/α,β-unsaturated/α-hetero) is 1. The van der Waals surface area contributed by atoms with E-state index in [0.717, 1.165) is 24.3 Å². The van der Waals surface area contributed by atoms with Gasteiger partial charge in [0.1, 0.15) is 35.6 Å². The Morgan fingerprint density at radius 3 is 2.66 bits per heavy atom. The summed E-state index contributed by atoms with van der Waals surface area (Å²) in [6.07, 6.45) is 2.89. The zero-order chi connectivity index (χ0) is 23.3. The summed E-state index contributed by atoms with van der Waals surface area (Å²) in [6, 6.07) is 8.00. The minimum absolute atomic E-state index is 0.0262. The van der Waals surface area contributed by atoms with Gasteiger partial charge in [0.15, 0.2) is 5.82 Å². The number of methoxy groups -OCH3 is 1. The Morgan fingerprint density at radius 1 is 1.28 bits per heavy atom. The van der Waals surface area contributed by atoms with Crippen molar-refractivity contribution in [3.63, 3.8) is 0 Å². The number of halogens is 1. The van der Waals surface area contributed by atoms with Gasteiger partial charge in [-0.2, -0.15) is 0 Å². The van der Waals surface area contributed by atoms with E-state index in [9.17, 15) is 4.79 Å². The Balaban J connectivity index is 1.60. The third-order valence-corrected chi connectivity index (χ3v) is 5.97. The van der Waals surface area contributed by atoms with Crippen molar-refractivity contribution < 1.29 is 19.0 Å². The average Bonchev–Trinajstić information content (AvgIpc) is 3.21. The fourth-order valence-electron chi connectivity index (χ4n) is 3.60. The van der Waals surface area contributed by atoms with Crippen molar-refractivity contribution in [2.24, 2.45) is 0 Å². The molecule has 0 spiro atoms. The second kappa shape index (κ2) is 10.5. The number of carbonyl (C=O) groups is 1. The van der Waals surface area contributed by atoms with E-state index in [-0.39, 0.29) is 17.8 Å². The Morgan fingerprint density at radius 2 is 2.00 bits per heavy atom. The lowest BCUT2D eigenvalue weighted by Crippen LogP contribution is -2.31. The average molecular weight is 462 g/mol. The van der Waals surface area contributed by atoms with Crippen LogP contribution in [-0.4, -0.2) is 54.3 Å². The van der Waals surface area contributed by atoms with Gasteiger partial charge in [-0.1, -0.05) is 30.7 Å². The Hall–Kier alpha value is -2.38. The maximum absolute atomic E-state index is 11.4. The van der Waals surface area contributed by atoms with Gasteiger partial charge in [-0.3, -0.25) is 0 Å².